The first-order valence-corrected chi connectivity index (χ1v) is 8.72. The van der Waals surface area contributed by atoms with Gasteiger partial charge in [-0.2, -0.15) is 22.4 Å². The van der Waals surface area contributed by atoms with Crippen LogP contribution in [0.1, 0.15) is 32.4 Å². The lowest BCUT2D eigenvalue weighted by Gasteiger charge is -2.21. The van der Waals surface area contributed by atoms with Crippen molar-refractivity contribution in [2.45, 2.75) is 44.6 Å². The third kappa shape index (κ3) is 3.25. The van der Waals surface area contributed by atoms with Crippen molar-refractivity contribution < 1.29 is 17.6 Å². The number of anilines is 1. The van der Waals surface area contributed by atoms with E-state index in [2.05, 4.69) is 35.7 Å². The molecule has 0 bridgehead atoms. The molecule has 10 nitrogen and oxygen atoms in total. The predicted octanol–water partition coefficient (Wildman–Crippen LogP) is 1.18. The monoisotopic (exact) mass is 414 g/mol. The zero-order chi connectivity index (χ0) is 21.2. The average Bonchev–Trinajstić information content (AvgIpc) is 3.23. The Hall–Kier alpha value is -2.93. The van der Waals surface area contributed by atoms with Gasteiger partial charge in [-0.05, 0) is 10.4 Å². The molecule has 3 aromatic rings. The summed E-state index contributed by atoms with van der Waals surface area (Å²) in [5.41, 5.74) is -0.388. The Labute approximate surface area is 161 Å². The van der Waals surface area contributed by atoms with Gasteiger partial charge in [-0.15, -0.1) is 15.3 Å². The quantitative estimate of drug-likeness (QED) is 0.589. The van der Waals surface area contributed by atoms with Gasteiger partial charge in [0.2, 0.25) is 5.65 Å². The first-order chi connectivity index (χ1) is 13.4. The van der Waals surface area contributed by atoms with E-state index in [1.807, 2.05) is 20.8 Å². The van der Waals surface area contributed by atoms with E-state index in [1.54, 1.807) is 7.05 Å². The van der Waals surface area contributed by atoms with Gasteiger partial charge in [0.05, 0.1) is 13.1 Å². The van der Waals surface area contributed by atoms with Gasteiger partial charge in [0.25, 0.3) is 0 Å². The van der Waals surface area contributed by atoms with Crippen molar-refractivity contribution in [3.05, 3.63) is 11.6 Å². The van der Waals surface area contributed by atoms with E-state index in [-0.39, 0.29) is 29.4 Å². The molecule has 1 fully saturated rings. The number of hydrogen-bond acceptors (Lipinski definition) is 8. The van der Waals surface area contributed by atoms with Crippen LogP contribution < -0.4 is 4.90 Å². The molecule has 1 saturated heterocycles. The van der Waals surface area contributed by atoms with Gasteiger partial charge in [-0.25, -0.2) is 14.6 Å². The van der Waals surface area contributed by atoms with E-state index in [9.17, 15) is 17.6 Å². The molecule has 14 heteroatoms. The lowest BCUT2D eigenvalue weighted by Crippen LogP contribution is -2.38. The largest absolute Gasteiger partial charge is 0.342 e. The van der Waals surface area contributed by atoms with E-state index in [0.29, 0.717) is 5.82 Å². The molecule has 0 N–H and O–H groups in total. The smallest absolute Gasteiger partial charge is 0.329 e. The molecule has 0 aromatic carbocycles. The van der Waals surface area contributed by atoms with Gasteiger partial charge < -0.3 is 4.90 Å². The van der Waals surface area contributed by atoms with Crippen molar-refractivity contribution in [1.29, 1.82) is 0 Å². The molecular formula is C15H18F4N10. The van der Waals surface area contributed by atoms with Crippen LogP contribution in [0, 0.1) is 0 Å². The van der Waals surface area contributed by atoms with Crippen LogP contribution in [-0.2, 0) is 19.0 Å². The molecule has 29 heavy (non-hydrogen) atoms. The van der Waals surface area contributed by atoms with Gasteiger partial charge in [-0.1, -0.05) is 20.8 Å². The van der Waals surface area contributed by atoms with Crippen LogP contribution in [0.4, 0.5) is 23.4 Å². The number of rotatable bonds is 3. The van der Waals surface area contributed by atoms with Crippen molar-refractivity contribution in [3.8, 4) is 0 Å². The summed E-state index contributed by atoms with van der Waals surface area (Å²) in [5.74, 6) is -7.72. The zero-order valence-corrected chi connectivity index (χ0v) is 16.1. The van der Waals surface area contributed by atoms with Crippen molar-refractivity contribution in [2.24, 2.45) is 7.05 Å². The first kappa shape index (κ1) is 19.4. The number of fused-ring (bicyclic) bond motifs is 1. The van der Waals surface area contributed by atoms with Crippen molar-refractivity contribution in [1.82, 2.24) is 45.2 Å². The Bertz CT molecular complexity index is 1050. The normalized spacial score (nSPS) is 18.7. The average molecular weight is 414 g/mol. The molecule has 0 saturated carbocycles. The Kier molecular flexibility index (Phi) is 4.03. The predicted molar refractivity (Wildman–Crippen MR) is 91.8 cm³/mol. The SMILES string of the molecule is Cn1nnnc1Cn1nc2nc(C(C)(C)C)nc(N3CC(F)(F)C(F)(F)C3)c2n1. The molecule has 4 heterocycles. The summed E-state index contributed by atoms with van der Waals surface area (Å²) in [7, 11) is 1.63. The maximum Gasteiger partial charge on any atom is 0.329 e. The molecule has 0 spiro atoms. The maximum absolute atomic E-state index is 13.8. The lowest BCUT2D eigenvalue weighted by molar-refractivity contribution is -0.172. The van der Waals surface area contributed by atoms with Gasteiger partial charge in [-0.3, -0.25) is 0 Å². The molecule has 0 aliphatic carbocycles. The highest BCUT2D eigenvalue weighted by molar-refractivity contribution is 5.83. The van der Waals surface area contributed by atoms with Crippen LogP contribution >= 0.6 is 0 Å². The van der Waals surface area contributed by atoms with E-state index < -0.39 is 30.3 Å². The summed E-state index contributed by atoms with van der Waals surface area (Å²) >= 11 is 0. The third-order valence-corrected chi connectivity index (χ3v) is 4.55. The van der Waals surface area contributed by atoms with E-state index in [4.69, 9.17) is 0 Å². The van der Waals surface area contributed by atoms with Crippen LogP contribution in [0.2, 0.25) is 0 Å². The molecule has 156 valence electrons. The van der Waals surface area contributed by atoms with E-state index in [1.165, 1.54) is 9.48 Å². The molecule has 0 unspecified atom stereocenters. The fraction of sp³-hybridized carbons (Fsp3) is 0.667. The number of halogens is 4. The highest BCUT2D eigenvalue weighted by Gasteiger charge is 2.63. The minimum atomic E-state index is -4.17. The van der Waals surface area contributed by atoms with E-state index >= 15 is 0 Å². The maximum atomic E-state index is 13.8. The molecule has 0 amide bonds. The summed E-state index contributed by atoms with van der Waals surface area (Å²) in [6, 6.07) is 0. The number of nitrogens with zero attached hydrogens (tertiary/aromatic N) is 10. The summed E-state index contributed by atoms with van der Waals surface area (Å²) in [4.78, 5) is 10.7. The van der Waals surface area contributed by atoms with Crippen LogP contribution in [0.25, 0.3) is 11.2 Å². The summed E-state index contributed by atoms with van der Waals surface area (Å²) < 4.78 is 56.6. The Morgan fingerprint density at radius 2 is 1.66 bits per heavy atom. The molecular weight excluding hydrogens is 396 g/mol. The second-order valence-electron chi connectivity index (χ2n) is 8.01. The number of aryl methyl sites for hydroxylation is 1. The van der Waals surface area contributed by atoms with Gasteiger partial charge in [0.15, 0.2) is 17.2 Å². The standard InChI is InChI=1S/C15H18F4N10/c1-13(2,3)12-20-10-9(23-29(24-10)5-8-22-25-26-27(8)4)11(21-12)28-6-14(16,17)15(18,19)7-28/h5-7H2,1-4H3. The molecule has 1 aliphatic rings. The van der Waals surface area contributed by atoms with Crippen molar-refractivity contribution in [3.63, 3.8) is 0 Å². The number of tetrazole rings is 1. The van der Waals surface area contributed by atoms with Crippen LogP contribution in [-0.4, -0.2) is 70.1 Å². The molecule has 4 rings (SSSR count). The Balaban J connectivity index is 1.82. The summed E-state index contributed by atoms with van der Waals surface area (Å²) in [6.45, 7) is 3.20. The van der Waals surface area contributed by atoms with Gasteiger partial charge >= 0.3 is 11.8 Å². The molecule has 0 atom stereocenters. The fourth-order valence-corrected chi connectivity index (χ4v) is 2.89. The molecule has 3 aromatic heterocycles. The minimum absolute atomic E-state index is 0.0571. The zero-order valence-electron chi connectivity index (χ0n) is 16.1. The molecule has 1 aliphatic heterocycles. The second kappa shape index (κ2) is 6.03. The highest BCUT2D eigenvalue weighted by atomic mass is 19.3. The summed E-state index contributed by atoms with van der Waals surface area (Å²) in [5, 5.41) is 19.5. The van der Waals surface area contributed by atoms with Crippen LogP contribution in [0.3, 0.4) is 0 Å². The lowest BCUT2D eigenvalue weighted by atomic mass is 9.96. The Morgan fingerprint density at radius 3 is 2.21 bits per heavy atom. The number of alkyl halides is 4. The highest BCUT2D eigenvalue weighted by Crippen LogP contribution is 2.43. The fourth-order valence-electron chi connectivity index (χ4n) is 2.89. The number of hydrogen-bond donors (Lipinski definition) is 0. The van der Waals surface area contributed by atoms with Gasteiger partial charge in [0, 0.05) is 12.5 Å². The molecule has 0 radical (unpaired) electrons. The van der Waals surface area contributed by atoms with Crippen LogP contribution in [0.15, 0.2) is 0 Å². The van der Waals surface area contributed by atoms with Crippen molar-refractivity contribution in [2.75, 3.05) is 18.0 Å². The van der Waals surface area contributed by atoms with Gasteiger partial charge in [0.1, 0.15) is 12.4 Å². The number of aromatic nitrogens is 9. The van der Waals surface area contributed by atoms with Crippen molar-refractivity contribution >= 4 is 17.0 Å². The Morgan fingerprint density at radius 1 is 1.00 bits per heavy atom. The minimum Gasteiger partial charge on any atom is -0.342 e. The second-order valence-corrected chi connectivity index (χ2v) is 8.01. The van der Waals surface area contributed by atoms with E-state index in [0.717, 1.165) is 4.90 Å². The van der Waals surface area contributed by atoms with Crippen LogP contribution in [0.5, 0.6) is 0 Å². The summed E-state index contributed by atoms with van der Waals surface area (Å²) in [6.07, 6.45) is 0. The first-order valence-electron chi connectivity index (χ1n) is 8.72. The topological polar surface area (TPSA) is 103 Å². The third-order valence-electron chi connectivity index (χ3n) is 4.55.